The zero-order valence-corrected chi connectivity index (χ0v) is 17.9. The Labute approximate surface area is 167 Å². The smallest absolute Gasteiger partial charge is 0.242 e. The second-order valence-corrected chi connectivity index (χ2v) is 10.8. The van der Waals surface area contributed by atoms with E-state index in [1.165, 1.54) is 41.5 Å². The molecule has 0 spiro atoms. The van der Waals surface area contributed by atoms with Gasteiger partial charge in [0.25, 0.3) is 0 Å². The van der Waals surface area contributed by atoms with Gasteiger partial charge in [0.15, 0.2) is 4.34 Å². The van der Waals surface area contributed by atoms with Gasteiger partial charge >= 0.3 is 0 Å². The first-order valence-electron chi connectivity index (χ1n) is 8.62. The minimum absolute atomic E-state index is 0.0757. The molecule has 0 aliphatic heterocycles. The second-order valence-electron chi connectivity index (χ2n) is 6.42. The Balaban J connectivity index is 1.70. The highest BCUT2D eigenvalue weighted by molar-refractivity contribution is 8.00. The summed E-state index contributed by atoms with van der Waals surface area (Å²) in [6.45, 7) is 1.85. The van der Waals surface area contributed by atoms with E-state index < -0.39 is 10.0 Å². The number of sulfonamides is 1. The molecule has 1 aliphatic carbocycles. The second kappa shape index (κ2) is 8.26. The van der Waals surface area contributed by atoms with Crippen LogP contribution in [-0.4, -0.2) is 49.0 Å². The molecule has 0 bridgehead atoms. The molecule has 0 saturated heterocycles. The van der Waals surface area contributed by atoms with Crippen molar-refractivity contribution in [2.24, 2.45) is 0 Å². The first-order chi connectivity index (χ1) is 12.8. The zero-order chi connectivity index (χ0) is 19.6. The van der Waals surface area contributed by atoms with E-state index in [1.54, 1.807) is 23.1 Å². The average molecular weight is 427 g/mol. The van der Waals surface area contributed by atoms with Crippen molar-refractivity contribution in [3.8, 4) is 0 Å². The summed E-state index contributed by atoms with van der Waals surface area (Å²) < 4.78 is 26.5. The van der Waals surface area contributed by atoms with Crippen LogP contribution >= 0.6 is 23.1 Å². The lowest BCUT2D eigenvalue weighted by molar-refractivity contribution is -0.118. The Kier molecular flexibility index (Phi) is 6.19. The molecule has 1 amide bonds. The van der Waals surface area contributed by atoms with Crippen LogP contribution in [0.25, 0.3) is 0 Å². The molecule has 27 heavy (non-hydrogen) atoms. The standard InChI is InChI=1S/C17H22N4O3S3/c1-4-15(22)21(13-8-9-13)16-18-19-17(26-16)25-11-12-6-5-7-14(10-12)27(23,24)20(2)3/h5-7,10,13H,4,8-9,11H2,1-3H3. The maximum atomic E-state index is 12.3. The predicted octanol–water partition coefficient (Wildman–Crippen LogP) is 2.99. The van der Waals surface area contributed by atoms with Crippen LogP contribution in [0.2, 0.25) is 0 Å². The summed E-state index contributed by atoms with van der Waals surface area (Å²) in [5.74, 6) is 0.656. The van der Waals surface area contributed by atoms with Crippen LogP contribution in [0.3, 0.4) is 0 Å². The number of nitrogens with zero attached hydrogens (tertiary/aromatic N) is 4. The average Bonchev–Trinajstić information content (AvgIpc) is 3.37. The fourth-order valence-electron chi connectivity index (χ4n) is 2.48. The summed E-state index contributed by atoms with van der Waals surface area (Å²) in [5, 5.41) is 9.03. The SMILES string of the molecule is CCC(=O)N(c1nnc(SCc2cccc(S(=O)(=O)N(C)C)c2)s1)C1CC1. The van der Waals surface area contributed by atoms with Crippen molar-refractivity contribution >= 4 is 44.2 Å². The van der Waals surface area contributed by atoms with Crippen molar-refractivity contribution in [3.63, 3.8) is 0 Å². The van der Waals surface area contributed by atoms with Gasteiger partial charge in [-0.2, -0.15) is 0 Å². The molecule has 1 aromatic heterocycles. The highest BCUT2D eigenvalue weighted by atomic mass is 32.2. The lowest BCUT2D eigenvalue weighted by Crippen LogP contribution is -2.32. The Morgan fingerprint density at radius 3 is 2.67 bits per heavy atom. The fraction of sp³-hybridized carbons (Fsp3) is 0.471. The molecular formula is C17H22N4O3S3. The molecule has 0 atom stereocenters. The number of hydrogen-bond acceptors (Lipinski definition) is 7. The molecule has 7 nitrogen and oxygen atoms in total. The van der Waals surface area contributed by atoms with Gasteiger partial charge in [-0.15, -0.1) is 10.2 Å². The Bertz CT molecular complexity index is 923. The van der Waals surface area contributed by atoms with Crippen LogP contribution in [0.1, 0.15) is 31.7 Å². The van der Waals surface area contributed by atoms with Gasteiger partial charge in [-0.25, -0.2) is 12.7 Å². The van der Waals surface area contributed by atoms with Gasteiger partial charge in [-0.05, 0) is 30.5 Å². The molecule has 10 heteroatoms. The molecule has 0 unspecified atom stereocenters. The Morgan fingerprint density at radius 1 is 1.30 bits per heavy atom. The molecule has 2 aromatic rings. The number of benzene rings is 1. The monoisotopic (exact) mass is 426 g/mol. The van der Waals surface area contributed by atoms with E-state index in [-0.39, 0.29) is 16.8 Å². The highest BCUT2D eigenvalue weighted by Crippen LogP contribution is 2.37. The number of carbonyl (C=O) groups excluding carboxylic acids is 1. The van der Waals surface area contributed by atoms with E-state index in [4.69, 9.17) is 0 Å². The van der Waals surface area contributed by atoms with Gasteiger partial charge < -0.3 is 0 Å². The van der Waals surface area contributed by atoms with E-state index in [2.05, 4.69) is 10.2 Å². The summed E-state index contributed by atoms with van der Waals surface area (Å²) in [7, 11) is -0.417. The topological polar surface area (TPSA) is 83.5 Å². The number of aromatic nitrogens is 2. The van der Waals surface area contributed by atoms with Crippen LogP contribution < -0.4 is 4.90 Å². The lowest BCUT2D eigenvalue weighted by Gasteiger charge is -2.17. The first kappa shape index (κ1) is 20.2. The minimum Gasteiger partial charge on any atom is -0.284 e. The normalized spacial score (nSPS) is 14.5. The fourth-order valence-corrected chi connectivity index (χ4v) is 5.32. The summed E-state index contributed by atoms with van der Waals surface area (Å²) in [6, 6.07) is 7.17. The number of hydrogen-bond donors (Lipinski definition) is 0. The van der Waals surface area contributed by atoms with Crippen LogP contribution in [0.4, 0.5) is 5.13 Å². The van der Waals surface area contributed by atoms with Crippen molar-refractivity contribution in [2.75, 3.05) is 19.0 Å². The predicted molar refractivity (Wildman–Crippen MR) is 108 cm³/mol. The summed E-state index contributed by atoms with van der Waals surface area (Å²) in [5.41, 5.74) is 0.892. The molecule has 0 radical (unpaired) electrons. The quantitative estimate of drug-likeness (QED) is 0.477. The number of carbonyl (C=O) groups is 1. The van der Waals surface area contributed by atoms with Gasteiger partial charge in [0.05, 0.1) is 4.90 Å². The first-order valence-corrected chi connectivity index (χ1v) is 11.9. The third-order valence-corrected chi connectivity index (χ3v) is 8.06. The number of thioether (sulfide) groups is 1. The van der Waals surface area contributed by atoms with Crippen molar-refractivity contribution in [3.05, 3.63) is 29.8 Å². The molecule has 1 aliphatic rings. The molecule has 1 saturated carbocycles. The van der Waals surface area contributed by atoms with Gasteiger partial charge in [0.1, 0.15) is 0 Å². The molecule has 1 fully saturated rings. The Hall–Kier alpha value is -1.49. The van der Waals surface area contributed by atoms with Crippen LogP contribution in [0.15, 0.2) is 33.5 Å². The molecule has 1 aromatic carbocycles. The van der Waals surface area contributed by atoms with Crippen molar-refractivity contribution < 1.29 is 13.2 Å². The third kappa shape index (κ3) is 4.68. The van der Waals surface area contributed by atoms with E-state index in [0.717, 1.165) is 22.7 Å². The molecule has 3 rings (SSSR count). The van der Waals surface area contributed by atoms with E-state index in [1.807, 2.05) is 13.0 Å². The van der Waals surface area contributed by atoms with Crippen molar-refractivity contribution in [1.82, 2.24) is 14.5 Å². The third-order valence-electron chi connectivity index (χ3n) is 4.12. The maximum Gasteiger partial charge on any atom is 0.242 e. The van der Waals surface area contributed by atoms with Crippen LogP contribution in [0, 0.1) is 0 Å². The highest BCUT2D eigenvalue weighted by Gasteiger charge is 2.35. The molecule has 146 valence electrons. The van der Waals surface area contributed by atoms with Gasteiger partial charge in [-0.1, -0.05) is 42.2 Å². The number of anilines is 1. The summed E-state index contributed by atoms with van der Waals surface area (Å²) in [4.78, 5) is 14.2. The minimum atomic E-state index is -3.45. The van der Waals surface area contributed by atoms with E-state index >= 15 is 0 Å². The zero-order valence-electron chi connectivity index (χ0n) is 15.5. The molecule has 0 N–H and O–H groups in total. The van der Waals surface area contributed by atoms with Crippen molar-refractivity contribution in [1.29, 1.82) is 0 Å². The summed E-state index contributed by atoms with van der Waals surface area (Å²) >= 11 is 2.90. The number of rotatable bonds is 8. The van der Waals surface area contributed by atoms with Gasteiger partial charge in [0, 0.05) is 32.3 Å². The van der Waals surface area contributed by atoms with Gasteiger partial charge in [0.2, 0.25) is 21.1 Å². The Morgan fingerprint density at radius 2 is 2.04 bits per heavy atom. The molecule has 1 heterocycles. The van der Waals surface area contributed by atoms with Crippen LogP contribution in [-0.2, 0) is 20.6 Å². The largest absolute Gasteiger partial charge is 0.284 e. The van der Waals surface area contributed by atoms with Gasteiger partial charge in [-0.3, -0.25) is 9.69 Å². The van der Waals surface area contributed by atoms with Crippen molar-refractivity contribution in [2.45, 2.75) is 47.2 Å². The lowest BCUT2D eigenvalue weighted by atomic mass is 10.2. The van der Waals surface area contributed by atoms with E-state index in [9.17, 15) is 13.2 Å². The number of amides is 1. The van der Waals surface area contributed by atoms with E-state index in [0.29, 0.717) is 17.3 Å². The van der Waals surface area contributed by atoms with Crippen LogP contribution in [0.5, 0.6) is 0 Å². The maximum absolute atomic E-state index is 12.3. The molecular weight excluding hydrogens is 404 g/mol. The summed E-state index contributed by atoms with van der Waals surface area (Å²) in [6.07, 6.45) is 2.48.